The summed E-state index contributed by atoms with van der Waals surface area (Å²) in [5.74, 6) is -1.03. The fraction of sp³-hybridized carbons (Fsp3) is 0.250. The van der Waals surface area contributed by atoms with Gasteiger partial charge in [0, 0.05) is 24.4 Å². The van der Waals surface area contributed by atoms with E-state index in [2.05, 4.69) is 0 Å². The molecule has 0 unspecified atom stereocenters. The lowest BCUT2D eigenvalue weighted by Gasteiger charge is -2.21. The maximum absolute atomic E-state index is 12.5. The van der Waals surface area contributed by atoms with Gasteiger partial charge in [0.05, 0.1) is 24.7 Å². The van der Waals surface area contributed by atoms with Crippen LogP contribution >= 0.6 is 11.6 Å². The summed E-state index contributed by atoms with van der Waals surface area (Å²) in [5.41, 5.74) is 1.81. The Morgan fingerprint density at radius 1 is 1.19 bits per heavy atom. The number of methoxy groups -OCH3 is 1. The molecule has 0 aliphatic rings. The van der Waals surface area contributed by atoms with Crippen molar-refractivity contribution in [1.29, 1.82) is 5.26 Å². The Morgan fingerprint density at radius 2 is 1.93 bits per heavy atom. The van der Waals surface area contributed by atoms with Crippen LogP contribution in [-0.2, 0) is 20.9 Å². The first-order valence-electron chi connectivity index (χ1n) is 8.23. The van der Waals surface area contributed by atoms with Crippen LogP contribution in [0.15, 0.2) is 48.5 Å². The maximum Gasteiger partial charge on any atom is 0.338 e. The highest BCUT2D eigenvalue weighted by molar-refractivity contribution is 6.30. The summed E-state index contributed by atoms with van der Waals surface area (Å²) in [6.45, 7) is 0.191. The van der Waals surface area contributed by atoms with E-state index in [9.17, 15) is 9.59 Å². The van der Waals surface area contributed by atoms with E-state index in [0.717, 1.165) is 5.56 Å². The number of ether oxygens (including phenoxy) is 2. The second kappa shape index (κ2) is 10.3. The molecule has 1 amide bonds. The predicted octanol–water partition coefficient (Wildman–Crippen LogP) is 3.59. The molecular weight excluding hydrogens is 368 g/mol. The van der Waals surface area contributed by atoms with Gasteiger partial charge in [0.15, 0.2) is 6.61 Å². The molecule has 0 heterocycles. The van der Waals surface area contributed by atoms with Gasteiger partial charge in [0.2, 0.25) is 0 Å². The van der Waals surface area contributed by atoms with Gasteiger partial charge in [-0.25, -0.2) is 4.79 Å². The lowest BCUT2D eigenvalue weighted by molar-refractivity contribution is -0.121. The number of hydrogen-bond donors (Lipinski definition) is 0. The van der Waals surface area contributed by atoms with Gasteiger partial charge in [-0.3, -0.25) is 4.79 Å². The number of benzene rings is 2. The Kier molecular flexibility index (Phi) is 7.80. The van der Waals surface area contributed by atoms with Crippen LogP contribution in [0.25, 0.3) is 0 Å². The summed E-state index contributed by atoms with van der Waals surface area (Å²) in [5, 5.41) is 9.29. The standard InChI is InChI=1S/C20H19ClN2O4/c1-26-13-15-6-8-16(9-7-15)20(25)27-14-19(24)23(11-3-10-22)18-5-2-4-17(21)12-18/h2,4-9,12H,3,11,13-14H2,1H3. The van der Waals surface area contributed by atoms with Crippen molar-refractivity contribution < 1.29 is 19.1 Å². The van der Waals surface area contributed by atoms with Crippen LogP contribution in [0, 0.1) is 11.3 Å². The van der Waals surface area contributed by atoms with Gasteiger partial charge in [-0.15, -0.1) is 0 Å². The van der Waals surface area contributed by atoms with E-state index in [-0.39, 0.29) is 13.0 Å². The third-order valence-corrected chi connectivity index (χ3v) is 3.93. The fourth-order valence-electron chi connectivity index (χ4n) is 2.40. The molecule has 0 saturated heterocycles. The smallest absolute Gasteiger partial charge is 0.338 e. The van der Waals surface area contributed by atoms with Crippen LogP contribution in [0.3, 0.4) is 0 Å². The topological polar surface area (TPSA) is 79.6 Å². The average molecular weight is 387 g/mol. The van der Waals surface area contributed by atoms with Crippen molar-refractivity contribution >= 4 is 29.2 Å². The summed E-state index contributed by atoms with van der Waals surface area (Å²) in [6.07, 6.45) is 0.146. The predicted molar refractivity (Wildman–Crippen MR) is 101 cm³/mol. The molecule has 0 radical (unpaired) electrons. The third kappa shape index (κ3) is 6.10. The Balaban J connectivity index is 2.02. The Labute approximate surface area is 162 Å². The summed E-state index contributed by atoms with van der Waals surface area (Å²) in [4.78, 5) is 26.0. The summed E-state index contributed by atoms with van der Waals surface area (Å²) in [7, 11) is 1.59. The molecule has 27 heavy (non-hydrogen) atoms. The first kappa shape index (κ1) is 20.4. The molecule has 0 aliphatic heterocycles. The minimum atomic E-state index is -0.598. The van der Waals surface area contributed by atoms with E-state index in [1.807, 2.05) is 6.07 Å². The number of rotatable bonds is 8. The zero-order valence-corrected chi connectivity index (χ0v) is 15.6. The number of carbonyl (C=O) groups is 2. The van der Waals surface area contributed by atoms with Gasteiger partial charge >= 0.3 is 5.97 Å². The fourth-order valence-corrected chi connectivity index (χ4v) is 2.58. The minimum Gasteiger partial charge on any atom is -0.452 e. The molecule has 0 spiro atoms. The Bertz CT molecular complexity index is 831. The van der Waals surface area contributed by atoms with Crippen molar-refractivity contribution in [3.8, 4) is 6.07 Å². The number of anilines is 1. The van der Waals surface area contributed by atoms with Gasteiger partial charge in [-0.1, -0.05) is 29.8 Å². The van der Waals surface area contributed by atoms with E-state index in [0.29, 0.717) is 22.9 Å². The van der Waals surface area contributed by atoms with E-state index in [4.69, 9.17) is 26.3 Å². The Morgan fingerprint density at radius 3 is 2.56 bits per heavy atom. The zero-order valence-electron chi connectivity index (χ0n) is 14.9. The van der Waals surface area contributed by atoms with E-state index in [1.165, 1.54) is 4.90 Å². The van der Waals surface area contributed by atoms with Crippen molar-refractivity contribution in [3.05, 3.63) is 64.7 Å². The first-order chi connectivity index (χ1) is 13.0. The van der Waals surface area contributed by atoms with E-state index < -0.39 is 18.5 Å². The first-order valence-corrected chi connectivity index (χ1v) is 8.61. The number of hydrogen-bond acceptors (Lipinski definition) is 5. The number of nitriles is 1. The normalized spacial score (nSPS) is 10.1. The zero-order chi connectivity index (χ0) is 19.6. The third-order valence-electron chi connectivity index (χ3n) is 3.70. The second-order valence-corrected chi connectivity index (χ2v) is 6.08. The largest absolute Gasteiger partial charge is 0.452 e. The van der Waals surface area contributed by atoms with Gasteiger partial charge in [-0.2, -0.15) is 5.26 Å². The minimum absolute atomic E-state index is 0.146. The molecule has 6 nitrogen and oxygen atoms in total. The number of nitrogens with zero attached hydrogens (tertiary/aromatic N) is 2. The number of halogens is 1. The average Bonchev–Trinajstić information content (AvgIpc) is 2.67. The molecule has 140 valence electrons. The highest BCUT2D eigenvalue weighted by atomic mass is 35.5. The molecule has 0 atom stereocenters. The molecule has 2 rings (SSSR count). The van der Waals surface area contributed by atoms with Crippen LogP contribution in [-0.4, -0.2) is 32.1 Å². The molecule has 2 aromatic rings. The lowest BCUT2D eigenvalue weighted by Crippen LogP contribution is -2.35. The molecule has 0 aliphatic carbocycles. The highest BCUT2D eigenvalue weighted by Crippen LogP contribution is 2.20. The van der Waals surface area contributed by atoms with Crippen molar-refractivity contribution in [3.63, 3.8) is 0 Å². The molecule has 0 saturated carbocycles. The lowest BCUT2D eigenvalue weighted by atomic mass is 10.1. The van der Waals surface area contributed by atoms with Crippen LogP contribution in [0.5, 0.6) is 0 Å². The molecule has 2 aromatic carbocycles. The molecule has 0 N–H and O–H groups in total. The number of esters is 1. The molecule has 0 bridgehead atoms. The summed E-state index contributed by atoms with van der Waals surface area (Å²) >= 11 is 5.97. The molecular formula is C20H19ClN2O4. The second-order valence-electron chi connectivity index (χ2n) is 5.64. The van der Waals surface area contributed by atoms with Crippen LogP contribution < -0.4 is 4.90 Å². The van der Waals surface area contributed by atoms with E-state index in [1.54, 1.807) is 55.6 Å². The Hall–Kier alpha value is -2.88. The monoisotopic (exact) mass is 386 g/mol. The van der Waals surface area contributed by atoms with Crippen molar-refractivity contribution in [1.82, 2.24) is 0 Å². The maximum atomic E-state index is 12.5. The van der Waals surface area contributed by atoms with E-state index >= 15 is 0 Å². The molecule has 0 fully saturated rings. The number of carbonyl (C=O) groups excluding carboxylic acids is 2. The van der Waals surface area contributed by atoms with Crippen LogP contribution in [0.1, 0.15) is 22.3 Å². The van der Waals surface area contributed by atoms with Crippen LogP contribution in [0.4, 0.5) is 5.69 Å². The summed E-state index contributed by atoms with van der Waals surface area (Å²) in [6, 6.07) is 15.5. The van der Waals surface area contributed by atoms with Gasteiger partial charge in [0.25, 0.3) is 5.91 Å². The SMILES string of the molecule is COCc1ccc(C(=O)OCC(=O)N(CCC#N)c2cccc(Cl)c2)cc1. The van der Waals surface area contributed by atoms with Crippen molar-refractivity contribution in [2.24, 2.45) is 0 Å². The molecule has 7 heteroatoms. The quantitative estimate of drug-likeness (QED) is 0.648. The summed E-state index contributed by atoms with van der Waals surface area (Å²) < 4.78 is 10.1. The van der Waals surface area contributed by atoms with Crippen LogP contribution in [0.2, 0.25) is 5.02 Å². The molecule has 0 aromatic heterocycles. The highest BCUT2D eigenvalue weighted by Gasteiger charge is 2.18. The van der Waals surface area contributed by atoms with Gasteiger partial charge in [0.1, 0.15) is 0 Å². The van der Waals surface area contributed by atoms with Crippen molar-refractivity contribution in [2.45, 2.75) is 13.0 Å². The van der Waals surface area contributed by atoms with Crippen molar-refractivity contribution in [2.75, 3.05) is 25.2 Å². The van der Waals surface area contributed by atoms with Gasteiger partial charge < -0.3 is 14.4 Å². The van der Waals surface area contributed by atoms with Gasteiger partial charge in [-0.05, 0) is 35.9 Å². The number of amides is 1.